The number of nitrogens with zero attached hydrogens (tertiary/aromatic N) is 2. The van der Waals surface area contributed by atoms with Gasteiger partial charge in [-0.3, -0.25) is 4.79 Å². The lowest BCUT2D eigenvalue weighted by molar-refractivity contribution is -0.122. The molecule has 0 unspecified atom stereocenters. The fourth-order valence-electron chi connectivity index (χ4n) is 2.03. The van der Waals surface area contributed by atoms with E-state index in [2.05, 4.69) is 4.98 Å². The van der Waals surface area contributed by atoms with Gasteiger partial charge in [0.1, 0.15) is 11.6 Å². The number of aryl methyl sites for hydroxylation is 1. The van der Waals surface area contributed by atoms with E-state index in [0.29, 0.717) is 25.2 Å². The molecular formula is C12H18N2O2. The molecule has 4 nitrogen and oxygen atoms in total. The first-order chi connectivity index (χ1) is 7.75. The Hall–Kier alpha value is -1.16. The molecule has 0 amide bonds. The first-order valence-corrected chi connectivity index (χ1v) is 5.85. The SMILES string of the molecule is Cn1ccnc1CCOC1CCC(=O)CC1. The fraction of sp³-hybridized carbons (Fsp3) is 0.667. The van der Waals surface area contributed by atoms with Gasteiger partial charge in [-0.2, -0.15) is 0 Å². The molecule has 0 atom stereocenters. The molecule has 16 heavy (non-hydrogen) atoms. The number of carbonyl (C=O) groups excluding carboxylic acids is 1. The van der Waals surface area contributed by atoms with Crippen molar-refractivity contribution in [3.05, 3.63) is 18.2 Å². The second-order valence-corrected chi connectivity index (χ2v) is 4.31. The first-order valence-electron chi connectivity index (χ1n) is 5.85. The summed E-state index contributed by atoms with van der Waals surface area (Å²) in [6.45, 7) is 0.698. The first kappa shape index (κ1) is 11.3. The topological polar surface area (TPSA) is 44.1 Å². The molecule has 2 rings (SSSR count). The number of imidazole rings is 1. The minimum Gasteiger partial charge on any atom is -0.378 e. The molecule has 0 N–H and O–H groups in total. The highest BCUT2D eigenvalue weighted by Gasteiger charge is 2.18. The van der Waals surface area contributed by atoms with Gasteiger partial charge in [-0.25, -0.2) is 4.98 Å². The lowest BCUT2D eigenvalue weighted by Crippen LogP contribution is -2.22. The van der Waals surface area contributed by atoms with Gasteiger partial charge < -0.3 is 9.30 Å². The highest BCUT2D eigenvalue weighted by molar-refractivity contribution is 5.79. The molecule has 0 aromatic carbocycles. The van der Waals surface area contributed by atoms with Crippen molar-refractivity contribution >= 4 is 5.78 Å². The molecule has 1 saturated carbocycles. The van der Waals surface area contributed by atoms with Gasteiger partial charge in [0.15, 0.2) is 0 Å². The molecule has 1 heterocycles. The average molecular weight is 222 g/mol. The Morgan fingerprint density at radius 2 is 2.25 bits per heavy atom. The Morgan fingerprint density at radius 3 is 2.88 bits per heavy atom. The summed E-state index contributed by atoms with van der Waals surface area (Å²) in [7, 11) is 1.99. The van der Waals surface area contributed by atoms with E-state index in [4.69, 9.17) is 4.74 Å². The van der Waals surface area contributed by atoms with E-state index in [1.807, 2.05) is 17.8 Å². The van der Waals surface area contributed by atoms with Crippen molar-refractivity contribution in [2.75, 3.05) is 6.61 Å². The second-order valence-electron chi connectivity index (χ2n) is 4.31. The van der Waals surface area contributed by atoms with Gasteiger partial charge in [0.25, 0.3) is 0 Å². The number of rotatable bonds is 4. The van der Waals surface area contributed by atoms with Crippen LogP contribution in [0.15, 0.2) is 12.4 Å². The summed E-state index contributed by atoms with van der Waals surface area (Å²) in [6, 6.07) is 0. The third-order valence-corrected chi connectivity index (χ3v) is 3.09. The maximum absolute atomic E-state index is 11.0. The Bertz CT molecular complexity index is 350. The van der Waals surface area contributed by atoms with Crippen LogP contribution in [-0.4, -0.2) is 28.0 Å². The van der Waals surface area contributed by atoms with E-state index in [0.717, 1.165) is 25.1 Å². The highest BCUT2D eigenvalue weighted by Crippen LogP contribution is 2.17. The van der Waals surface area contributed by atoms with Crippen molar-refractivity contribution < 1.29 is 9.53 Å². The van der Waals surface area contributed by atoms with Gasteiger partial charge in [0.2, 0.25) is 0 Å². The molecule has 1 aliphatic carbocycles. The zero-order valence-corrected chi connectivity index (χ0v) is 9.69. The number of carbonyl (C=O) groups is 1. The van der Waals surface area contributed by atoms with Gasteiger partial charge in [0.05, 0.1) is 12.7 Å². The Balaban J connectivity index is 1.68. The van der Waals surface area contributed by atoms with E-state index in [9.17, 15) is 4.79 Å². The summed E-state index contributed by atoms with van der Waals surface area (Å²) >= 11 is 0. The monoisotopic (exact) mass is 222 g/mol. The van der Waals surface area contributed by atoms with E-state index in [1.165, 1.54) is 0 Å². The minimum absolute atomic E-state index is 0.276. The Kier molecular flexibility index (Phi) is 3.72. The quantitative estimate of drug-likeness (QED) is 0.775. The van der Waals surface area contributed by atoms with Crippen LogP contribution < -0.4 is 0 Å². The van der Waals surface area contributed by atoms with Crippen molar-refractivity contribution in [2.24, 2.45) is 7.05 Å². The summed E-state index contributed by atoms with van der Waals surface area (Å²) in [6.07, 6.45) is 8.01. The average Bonchev–Trinajstić information content (AvgIpc) is 2.68. The maximum Gasteiger partial charge on any atom is 0.133 e. The van der Waals surface area contributed by atoms with Crippen LogP contribution in [0.2, 0.25) is 0 Å². The van der Waals surface area contributed by atoms with Crippen molar-refractivity contribution in [2.45, 2.75) is 38.2 Å². The number of ketones is 1. The third-order valence-electron chi connectivity index (χ3n) is 3.09. The standard InChI is InChI=1S/C12H18N2O2/c1-14-8-7-13-12(14)6-9-16-11-4-2-10(15)3-5-11/h7-8,11H,2-6,9H2,1H3. The predicted octanol–water partition coefficient (Wildman–Crippen LogP) is 1.49. The van der Waals surface area contributed by atoms with E-state index < -0.39 is 0 Å². The van der Waals surface area contributed by atoms with Crippen molar-refractivity contribution in [3.63, 3.8) is 0 Å². The lowest BCUT2D eigenvalue weighted by atomic mass is 9.96. The summed E-state index contributed by atoms with van der Waals surface area (Å²) in [5, 5.41) is 0. The maximum atomic E-state index is 11.0. The van der Waals surface area contributed by atoms with Crippen LogP contribution >= 0.6 is 0 Å². The fourth-order valence-corrected chi connectivity index (χ4v) is 2.03. The highest BCUT2D eigenvalue weighted by atomic mass is 16.5. The molecule has 1 aromatic rings. The summed E-state index contributed by atoms with van der Waals surface area (Å²) in [4.78, 5) is 15.3. The smallest absolute Gasteiger partial charge is 0.133 e. The zero-order valence-electron chi connectivity index (χ0n) is 9.69. The van der Waals surface area contributed by atoms with Crippen molar-refractivity contribution in [1.82, 2.24) is 9.55 Å². The van der Waals surface area contributed by atoms with Crippen LogP contribution in [-0.2, 0) is 23.0 Å². The molecule has 0 radical (unpaired) electrons. The van der Waals surface area contributed by atoms with Gasteiger partial charge in [-0.1, -0.05) is 0 Å². The van der Waals surface area contributed by atoms with Crippen LogP contribution in [0.1, 0.15) is 31.5 Å². The normalized spacial score (nSPS) is 17.9. The summed E-state index contributed by atoms with van der Waals surface area (Å²) in [5.74, 6) is 1.43. The van der Waals surface area contributed by atoms with Gasteiger partial charge in [-0.15, -0.1) is 0 Å². The molecule has 88 valence electrons. The molecule has 0 aliphatic heterocycles. The van der Waals surface area contributed by atoms with Gasteiger partial charge in [-0.05, 0) is 12.8 Å². The third kappa shape index (κ3) is 2.92. The molecule has 0 bridgehead atoms. The van der Waals surface area contributed by atoms with Crippen molar-refractivity contribution in [3.8, 4) is 0 Å². The largest absolute Gasteiger partial charge is 0.378 e. The van der Waals surface area contributed by atoms with E-state index in [-0.39, 0.29) is 6.10 Å². The number of hydrogen-bond donors (Lipinski definition) is 0. The molecule has 0 saturated heterocycles. The zero-order chi connectivity index (χ0) is 11.4. The minimum atomic E-state index is 0.276. The van der Waals surface area contributed by atoms with Crippen LogP contribution in [0.3, 0.4) is 0 Å². The Morgan fingerprint density at radius 1 is 1.50 bits per heavy atom. The van der Waals surface area contributed by atoms with E-state index >= 15 is 0 Å². The summed E-state index contributed by atoms with van der Waals surface area (Å²) < 4.78 is 7.76. The molecule has 0 spiro atoms. The summed E-state index contributed by atoms with van der Waals surface area (Å²) in [5.41, 5.74) is 0. The number of ether oxygens (including phenoxy) is 1. The lowest BCUT2D eigenvalue weighted by Gasteiger charge is -2.21. The molecule has 1 aromatic heterocycles. The second kappa shape index (κ2) is 5.25. The molecular weight excluding hydrogens is 204 g/mol. The number of hydrogen-bond acceptors (Lipinski definition) is 3. The van der Waals surface area contributed by atoms with Crippen LogP contribution in [0.5, 0.6) is 0 Å². The van der Waals surface area contributed by atoms with Crippen molar-refractivity contribution in [1.29, 1.82) is 0 Å². The molecule has 1 fully saturated rings. The molecule has 1 aliphatic rings. The van der Waals surface area contributed by atoms with Gasteiger partial charge >= 0.3 is 0 Å². The predicted molar refractivity (Wildman–Crippen MR) is 60.1 cm³/mol. The Labute approximate surface area is 95.6 Å². The van der Waals surface area contributed by atoms with Gasteiger partial charge in [0, 0.05) is 38.7 Å². The molecule has 4 heteroatoms. The van der Waals surface area contributed by atoms with E-state index in [1.54, 1.807) is 6.20 Å². The van der Waals surface area contributed by atoms with Crippen LogP contribution in [0.4, 0.5) is 0 Å². The number of aromatic nitrogens is 2. The van der Waals surface area contributed by atoms with Crippen LogP contribution in [0, 0.1) is 0 Å². The number of Topliss-reactive ketones (excluding diaryl/α,β-unsaturated/α-hetero) is 1. The van der Waals surface area contributed by atoms with Crippen LogP contribution in [0.25, 0.3) is 0 Å².